The van der Waals surface area contributed by atoms with E-state index >= 15 is 0 Å². The van der Waals surface area contributed by atoms with E-state index in [-0.39, 0.29) is 11.4 Å². The number of benzene rings is 1. The lowest BCUT2D eigenvalue weighted by atomic mass is 10.2. The van der Waals surface area contributed by atoms with Crippen molar-refractivity contribution < 1.29 is 15.0 Å². The number of fused-ring (bicyclic) bond motifs is 1. The summed E-state index contributed by atoms with van der Waals surface area (Å²) in [4.78, 5) is 11.1. The average molecular weight is 271 g/mol. The fourth-order valence-corrected chi connectivity index (χ4v) is 2.38. The molecule has 0 saturated carbocycles. The summed E-state index contributed by atoms with van der Waals surface area (Å²) in [6, 6.07) is 8.52. The number of rotatable bonds is 2. The Kier molecular flexibility index (Phi) is 2.53. The van der Waals surface area contributed by atoms with Crippen LogP contribution >= 0.6 is 0 Å². The van der Waals surface area contributed by atoms with Gasteiger partial charge in [-0.25, -0.2) is 4.79 Å². The Labute approximate surface area is 114 Å². The van der Waals surface area contributed by atoms with Gasteiger partial charge >= 0.3 is 5.97 Å². The predicted octanol–water partition coefficient (Wildman–Crippen LogP) is 1.98. The minimum Gasteiger partial charge on any atom is -0.508 e. The molecule has 0 unspecified atom stereocenters. The van der Waals surface area contributed by atoms with E-state index < -0.39 is 5.97 Å². The Hall–Kier alpha value is -2.76. The van der Waals surface area contributed by atoms with Crippen molar-refractivity contribution in [2.45, 2.75) is 0 Å². The Bertz CT molecular complexity index is 830. The molecule has 2 N–H and O–H groups in total. The van der Waals surface area contributed by atoms with Crippen LogP contribution in [0.5, 0.6) is 5.75 Å². The summed E-state index contributed by atoms with van der Waals surface area (Å²) in [7, 11) is 3.48. The Morgan fingerprint density at radius 3 is 2.60 bits per heavy atom. The van der Waals surface area contributed by atoms with Crippen molar-refractivity contribution in [3.05, 3.63) is 36.0 Å². The standard InChI is InChI=1S/C14H13N3O3/c1-16-11-4-3-9(18)5-8(11)6-12(16)10-7-13(14(19)20)17(2)15-10/h3-7,18H,1-2H3,(H,19,20). The van der Waals surface area contributed by atoms with Crippen LogP contribution in [0.25, 0.3) is 22.3 Å². The third-order valence-electron chi connectivity index (χ3n) is 3.39. The van der Waals surface area contributed by atoms with E-state index in [4.69, 9.17) is 5.11 Å². The summed E-state index contributed by atoms with van der Waals surface area (Å²) in [5, 5.41) is 23.7. The molecule has 2 heterocycles. The number of phenols is 1. The molecule has 6 nitrogen and oxygen atoms in total. The van der Waals surface area contributed by atoms with E-state index in [0.717, 1.165) is 16.6 Å². The van der Waals surface area contributed by atoms with E-state index in [1.54, 1.807) is 19.2 Å². The van der Waals surface area contributed by atoms with Crippen LogP contribution in [0.15, 0.2) is 30.3 Å². The SMILES string of the molecule is Cn1nc(-c2cc3cc(O)ccc3n2C)cc1C(=O)O. The highest BCUT2D eigenvalue weighted by Gasteiger charge is 2.16. The van der Waals surface area contributed by atoms with Gasteiger partial charge in [-0.3, -0.25) is 4.68 Å². The first kappa shape index (κ1) is 12.3. The number of carboxylic acid groups (broad SMARTS) is 1. The highest BCUT2D eigenvalue weighted by Crippen LogP contribution is 2.28. The highest BCUT2D eigenvalue weighted by molar-refractivity contribution is 5.90. The average Bonchev–Trinajstić information content (AvgIpc) is 2.90. The molecule has 102 valence electrons. The first-order valence-corrected chi connectivity index (χ1v) is 6.03. The summed E-state index contributed by atoms with van der Waals surface area (Å²) in [6.45, 7) is 0. The molecule has 0 bridgehead atoms. The third-order valence-corrected chi connectivity index (χ3v) is 3.39. The van der Waals surface area contributed by atoms with Crippen LogP contribution in [0.1, 0.15) is 10.5 Å². The summed E-state index contributed by atoms with van der Waals surface area (Å²) in [5.74, 6) is -0.815. The minimum atomic E-state index is -1.01. The number of aryl methyl sites for hydroxylation is 2. The molecule has 20 heavy (non-hydrogen) atoms. The Morgan fingerprint density at radius 2 is 1.95 bits per heavy atom. The maximum atomic E-state index is 11.1. The van der Waals surface area contributed by atoms with Gasteiger partial charge in [0, 0.05) is 31.1 Å². The third kappa shape index (κ3) is 1.73. The fraction of sp³-hybridized carbons (Fsp3) is 0.143. The lowest BCUT2D eigenvalue weighted by Crippen LogP contribution is -2.04. The topological polar surface area (TPSA) is 80.3 Å². The second-order valence-electron chi connectivity index (χ2n) is 4.68. The number of aromatic hydroxyl groups is 1. The number of carbonyl (C=O) groups is 1. The van der Waals surface area contributed by atoms with Gasteiger partial charge in [-0.1, -0.05) is 0 Å². The molecule has 2 aromatic heterocycles. The number of carboxylic acids is 1. The number of nitrogens with zero attached hydrogens (tertiary/aromatic N) is 3. The maximum absolute atomic E-state index is 11.1. The summed E-state index contributed by atoms with van der Waals surface area (Å²) >= 11 is 0. The van der Waals surface area contributed by atoms with Crippen LogP contribution in [0.2, 0.25) is 0 Å². The van der Waals surface area contributed by atoms with Crippen LogP contribution in [-0.4, -0.2) is 30.5 Å². The zero-order valence-corrected chi connectivity index (χ0v) is 11.0. The molecule has 0 amide bonds. The van der Waals surface area contributed by atoms with Crippen molar-refractivity contribution in [3.8, 4) is 17.1 Å². The Balaban J connectivity index is 2.22. The number of aromatic carboxylic acids is 1. The van der Waals surface area contributed by atoms with E-state index in [0.29, 0.717) is 5.69 Å². The van der Waals surface area contributed by atoms with Crippen LogP contribution in [0.3, 0.4) is 0 Å². The molecule has 0 aliphatic rings. The van der Waals surface area contributed by atoms with E-state index in [1.165, 1.54) is 10.7 Å². The molecule has 6 heteroatoms. The molecule has 0 radical (unpaired) electrons. The zero-order chi connectivity index (χ0) is 14.4. The van der Waals surface area contributed by atoms with Crippen molar-refractivity contribution in [3.63, 3.8) is 0 Å². The van der Waals surface area contributed by atoms with Gasteiger partial charge in [0.15, 0.2) is 0 Å². The van der Waals surface area contributed by atoms with Crippen molar-refractivity contribution in [2.24, 2.45) is 14.1 Å². The van der Waals surface area contributed by atoms with E-state index in [1.807, 2.05) is 23.7 Å². The van der Waals surface area contributed by atoms with Crippen LogP contribution < -0.4 is 0 Å². The van der Waals surface area contributed by atoms with Gasteiger partial charge in [0.25, 0.3) is 0 Å². The molecule has 0 aliphatic carbocycles. The molecule has 0 fully saturated rings. The smallest absolute Gasteiger partial charge is 0.354 e. The summed E-state index contributed by atoms with van der Waals surface area (Å²) in [6.07, 6.45) is 0. The zero-order valence-electron chi connectivity index (χ0n) is 11.0. The molecule has 0 spiro atoms. The van der Waals surface area contributed by atoms with Crippen LogP contribution in [0.4, 0.5) is 0 Å². The predicted molar refractivity (Wildman–Crippen MR) is 73.7 cm³/mol. The molecule has 1 aromatic carbocycles. The molecule has 0 atom stereocenters. The van der Waals surface area contributed by atoms with Gasteiger partial charge in [-0.2, -0.15) is 5.10 Å². The van der Waals surface area contributed by atoms with Gasteiger partial charge in [0.2, 0.25) is 0 Å². The van der Waals surface area contributed by atoms with Crippen LogP contribution in [0, 0.1) is 0 Å². The Morgan fingerprint density at radius 1 is 1.20 bits per heavy atom. The molecular formula is C14H13N3O3. The second-order valence-corrected chi connectivity index (χ2v) is 4.68. The largest absolute Gasteiger partial charge is 0.508 e. The van der Waals surface area contributed by atoms with Gasteiger partial charge in [0.1, 0.15) is 17.1 Å². The number of hydrogen-bond donors (Lipinski definition) is 2. The van der Waals surface area contributed by atoms with Gasteiger partial charge in [-0.15, -0.1) is 0 Å². The van der Waals surface area contributed by atoms with Crippen molar-refractivity contribution in [1.29, 1.82) is 0 Å². The maximum Gasteiger partial charge on any atom is 0.354 e. The number of hydrogen-bond acceptors (Lipinski definition) is 3. The molecule has 3 rings (SSSR count). The van der Waals surface area contributed by atoms with Crippen molar-refractivity contribution >= 4 is 16.9 Å². The van der Waals surface area contributed by atoms with Gasteiger partial charge in [0.05, 0.1) is 5.69 Å². The van der Waals surface area contributed by atoms with Crippen molar-refractivity contribution in [2.75, 3.05) is 0 Å². The summed E-state index contributed by atoms with van der Waals surface area (Å²) in [5.41, 5.74) is 2.46. The highest BCUT2D eigenvalue weighted by atomic mass is 16.4. The normalized spacial score (nSPS) is 11.1. The fourth-order valence-electron chi connectivity index (χ4n) is 2.38. The summed E-state index contributed by atoms with van der Waals surface area (Å²) < 4.78 is 3.26. The monoisotopic (exact) mass is 271 g/mol. The lowest BCUT2D eigenvalue weighted by molar-refractivity contribution is 0.0685. The van der Waals surface area contributed by atoms with E-state index in [9.17, 15) is 9.90 Å². The molecule has 3 aromatic rings. The van der Waals surface area contributed by atoms with Crippen molar-refractivity contribution in [1.82, 2.24) is 14.3 Å². The van der Waals surface area contributed by atoms with Gasteiger partial charge in [-0.05, 0) is 24.3 Å². The first-order valence-electron chi connectivity index (χ1n) is 6.03. The number of aromatic nitrogens is 3. The second kappa shape index (κ2) is 4.12. The number of phenolic OH excluding ortho intramolecular Hbond substituents is 1. The molecular weight excluding hydrogens is 258 g/mol. The lowest BCUT2D eigenvalue weighted by Gasteiger charge is -2.00. The quantitative estimate of drug-likeness (QED) is 0.747. The minimum absolute atomic E-state index is 0.133. The molecule has 0 saturated heterocycles. The van der Waals surface area contributed by atoms with Gasteiger partial charge < -0.3 is 14.8 Å². The van der Waals surface area contributed by atoms with E-state index in [2.05, 4.69) is 5.10 Å². The molecule has 0 aliphatic heterocycles. The first-order chi connectivity index (χ1) is 9.47. The van der Waals surface area contributed by atoms with Crippen LogP contribution in [-0.2, 0) is 14.1 Å².